The summed E-state index contributed by atoms with van der Waals surface area (Å²) in [5.41, 5.74) is 9.94. The van der Waals surface area contributed by atoms with Crippen molar-refractivity contribution in [3.05, 3.63) is 70.8 Å². The number of nitrogens with zero attached hydrogens (tertiary/aromatic N) is 2. The lowest BCUT2D eigenvalue weighted by Crippen LogP contribution is -2.54. The Kier molecular flexibility index (Phi) is 14.4. The molecule has 0 spiro atoms. The van der Waals surface area contributed by atoms with Crippen molar-refractivity contribution in [3.8, 4) is 22.3 Å². The summed E-state index contributed by atoms with van der Waals surface area (Å²) in [5, 5.41) is 11.8. The molecule has 2 heterocycles. The van der Waals surface area contributed by atoms with Crippen LogP contribution in [0.1, 0.15) is 131 Å². The fourth-order valence-electron chi connectivity index (χ4n) is 11.8. The van der Waals surface area contributed by atoms with E-state index >= 15 is 0 Å². The fraction of sp³-hybridized carbons (Fsp3) is 0.571. The van der Waals surface area contributed by atoms with E-state index in [2.05, 4.69) is 73.2 Å². The van der Waals surface area contributed by atoms with E-state index in [1.165, 1.54) is 47.6 Å². The van der Waals surface area contributed by atoms with Gasteiger partial charge in [-0.15, -0.1) is 0 Å². The number of ether oxygens (including phenoxy) is 2. The zero-order valence-electron chi connectivity index (χ0n) is 43.9. The largest absolute Gasteiger partial charge is 0.453 e. The van der Waals surface area contributed by atoms with Crippen LogP contribution in [0.25, 0.3) is 22.3 Å². The SMILES string of the molecule is COC(=O)N[C@H](C(=O)N1CC(C)(C)C[C@H]1C(=O)Nc1cccc(-c2c3c(c(-c4cccc(NC(=O)[C@@H]5CC(C)(C)CN5C(=O)[C@@H](NC(=O)OC)C(C)C)c4)c4c2C(C)(C)CC4)C(C)(C)CC3)c1)C(C)C. The summed E-state index contributed by atoms with van der Waals surface area (Å²) in [4.78, 5) is 84.6. The molecule has 2 aliphatic carbocycles. The first-order chi connectivity index (χ1) is 32.7. The maximum atomic E-state index is 14.4. The van der Waals surface area contributed by atoms with E-state index in [0.29, 0.717) is 37.3 Å². The third-order valence-electron chi connectivity index (χ3n) is 15.3. The second kappa shape index (κ2) is 19.4. The van der Waals surface area contributed by atoms with Crippen LogP contribution >= 0.6 is 0 Å². The van der Waals surface area contributed by atoms with Crippen molar-refractivity contribution >= 4 is 47.2 Å². The second-order valence-corrected chi connectivity index (χ2v) is 23.8. The van der Waals surface area contributed by atoms with Crippen LogP contribution < -0.4 is 21.3 Å². The number of nitrogens with one attached hydrogen (secondary N) is 4. The number of fused-ring (bicyclic) bond motifs is 2. The molecule has 4 aliphatic rings. The molecule has 14 heteroatoms. The Balaban J connectivity index is 1.22. The third kappa shape index (κ3) is 10.3. The first-order valence-electron chi connectivity index (χ1n) is 25.0. The Bertz CT molecular complexity index is 2400. The van der Waals surface area contributed by atoms with Gasteiger partial charge in [-0.25, -0.2) is 9.59 Å². The van der Waals surface area contributed by atoms with Gasteiger partial charge < -0.3 is 40.5 Å². The predicted octanol–water partition coefficient (Wildman–Crippen LogP) is 9.36. The third-order valence-corrected chi connectivity index (χ3v) is 15.3. The monoisotopic (exact) mass is 961 g/mol. The van der Waals surface area contributed by atoms with Crippen molar-refractivity contribution in [1.29, 1.82) is 0 Å². The lowest BCUT2D eigenvalue weighted by atomic mass is 9.73. The van der Waals surface area contributed by atoms with Gasteiger partial charge in [-0.05, 0) is 141 Å². The van der Waals surface area contributed by atoms with Gasteiger partial charge in [0.05, 0.1) is 14.2 Å². The molecular weight excluding hydrogens is 885 g/mol. The molecule has 70 heavy (non-hydrogen) atoms. The van der Waals surface area contributed by atoms with Crippen LogP contribution in [0.3, 0.4) is 0 Å². The molecule has 0 bridgehead atoms. The van der Waals surface area contributed by atoms with Gasteiger partial charge >= 0.3 is 12.2 Å². The average molecular weight is 961 g/mol. The van der Waals surface area contributed by atoms with Crippen molar-refractivity contribution in [2.75, 3.05) is 37.9 Å². The zero-order chi connectivity index (χ0) is 51.4. The summed E-state index contributed by atoms with van der Waals surface area (Å²) in [7, 11) is 2.52. The van der Waals surface area contributed by atoms with Gasteiger partial charge in [0.25, 0.3) is 0 Å². The lowest BCUT2D eigenvalue weighted by Gasteiger charge is -2.31. The Hall–Kier alpha value is -5.92. The van der Waals surface area contributed by atoms with Gasteiger partial charge in [-0.2, -0.15) is 0 Å². The summed E-state index contributed by atoms with van der Waals surface area (Å²) in [5.74, 6) is -1.64. The van der Waals surface area contributed by atoms with Crippen LogP contribution in [0.4, 0.5) is 21.0 Å². The Morgan fingerprint density at radius 2 is 0.929 bits per heavy atom. The molecule has 6 amide bonds. The highest BCUT2D eigenvalue weighted by atomic mass is 16.5. The van der Waals surface area contributed by atoms with Gasteiger partial charge in [0.15, 0.2) is 0 Å². The number of amides is 6. The average Bonchev–Trinajstić information content (AvgIpc) is 4.01. The van der Waals surface area contributed by atoms with Crippen molar-refractivity contribution in [1.82, 2.24) is 20.4 Å². The zero-order valence-corrected chi connectivity index (χ0v) is 43.9. The highest BCUT2D eigenvalue weighted by Gasteiger charge is 2.48. The molecule has 3 aromatic carbocycles. The summed E-state index contributed by atoms with van der Waals surface area (Å²) >= 11 is 0. The van der Waals surface area contributed by atoms with E-state index in [1.54, 1.807) is 9.80 Å². The summed E-state index contributed by atoms with van der Waals surface area (Å²) in [6.07, 6.45) is 3.18. The molecule has 0 aromatic heterocycles. The number of carbonyl (C=O) groups is 6. The van der Waals surface area contributed by atoms with E-state index in [1.807, 2.05) is 79.7 Å². The maximum absolute atomic E-state index is 14.4. The number of benzene rings is 3. The highest BCUT2D eigenvalue weighted by molar-refractivity contribution is 6.01. The maximum Gasteiger partial charge on any atom is 0.407 e. The van der Waals surface area contributed by atoms with Gasteiger partial charge in [-0.1, -0.05) is 107 Å². The van der Waals surface area contributed by atoms with Crippen LogP contribution in [0.15, 0.2) is 48.5 Å². The van der Waals surface area contributed by atoms with Crippen LogP contribution in [-0.4, -0.2) is 97.1 Å². The number of likely N-dealkylation sites (tertiary alicyclic amines) is 2. The molecule has 2 saturated heterocycles. The number of anilines is 2. The molecule has 378 valence electrons. The summed E-state index contributed by atoms with van der Waals surface area (Å²) in [6.45, 7) is 25.6. The van der Waals surface area contributed by atoms with Crippen molar-refractivity contribution < 1.29 is 38.2 Å². The topological polar surface area (TPSA) is 175 Å². The minimum absolute atomic E-state index is 0.171. The minimum atomic E-state index is -0.851. The Morgan fingerprint density at radius 3 is 1.26 bits per heavy atom. The van der Waals surface area contributed by atoms with Crippen molar-refractivity contribution in [2.24, 2.45) is 22.7 Å². The van der Waals surface area contributed by atoms with E-state index in [4.69, 9.17) is 9.47 Å². The standard InChI is InChI=1S/C56H76N6O8/c1-31(2)45(59-51(67)69-13)49(65)61-29-53(5,6)27-39(61)47(63)57-35-19-15-17-33(25-35)41-37-21-23-56(11,12)44(37)42(38-22-24-55(9,10)43(38)41)34-18-16-20-36(26-34)58-48(64)40-28-54(7,8)30-62(40)50(66)46(32(3)4)60-52(68)70-14/h15-20,25-26,31-32,39-40,45-46H,21-24,27-30H2,1-14H3,(H,57,63)(H,58,64)(H,59,67)(H,60,68)/t39-,40-,45-,46-/m0/s1. The lowest BCUT2D eigenvalue weighted by molar-refractivity contribution is -0.139. The number of alkyl carbamates (subject to hydrolysis) is 2. The van der Waals surface area contributed by atoms with Crippen LogP contribution in [0.5, 0.6) is 0 Å². The number of hydrogen-bond acceptors (Lipinski definition) is 8. The Morgan fingerprint density at radius 1 is 0.571 bits per heavy atom. The smallest absolute Gasteiger partial charge is 0.407 e. The van der Waals surface area contributed by atoms with E-state index < -0.39 is 36.4 Å². The molecule has 0 saturated carbocycles. The van der Waals surface area contributed by atoms with E-state index in [0.717, 1.165) is 36.8 Å². The molecular formula is C56H76N6O8. The predicted molar refractivity (Wildman–Crippen MR) is 273 cm³/mol. The molecule has 0 unspecified atom stereocenters. The summed E-state index contributed by atoms with van der Waals surface area (Å²) in [6, 6.07) is 13.0. The van der Waals surface area contributed by atoms with Gasteiger partial charge in [0.1, 0.15) is 24.2 Å². The number of rotatable bonds is 12. The van der Waals surface area contributed by atoms with Gasteiger partial charge in [0, 0.05) is 24.5 Å². The minimum Gasteiger partial charge on any atom is -0.453 e. The van der Waals surface area contributed by atoms with Crippen LogP contribution in [-0.2, 0) is 52.3 Å². The first kappa shape index (κ1) is 51.9. The highest BCUT2D eigenvalue weighted by Crippen LogP contribution is 2.57. The number of methoxy groups -OCH3 is 2. The molecule has 2 aliphatic heterocycles. The van der Waals surface area contributed by atoms with E-state index in [-0.39, 0.29) is 57.1 Å². The number of carbonyl (C=O) groups excluding carboxylic acids is 6. The fourth-order valence-corrected chi connectivity index (χ4v) is 11.8. The van der Waals surface area contributed by atoms with Crippen LogP contribution in [0, 0.1) is 22.7 Å². The molecule has 14 nitrogen and oxygen atoms in total. The van der Waals surface area contributed by atoms with Gasteiger partial charge in [0.2, 0.25) is 23.6 Å². The number of hydrogen-bond donors (Lipinski definition) is 4. The first-order valence-corrected chi connectivity index (χ1v) is 25.0. The van der Waals surface area contributed by atoms with Crippen molar-refractivity contribution in [3.63, 3.8) is 0 Å². The molecule has 0 radical (unpaired) electrons. The van der Waals surface area contributed by atoms with E-state index in [9.17, 15) is 28.8 Å². The quantitative estimate of drug-likeness (QED) is 0.139. The van der Waals surface area contributed by atoms with Crippen molar-refractivity contribution in [2.45, 2.75) is 157 Å². The molecule has 3 aromatic rings. The second-order valence-electron chi connectivity index (χ2n) is 23.8. The molecule has 4 atom stereocenters. The Labute approximate surface area is 414 Å². The van der Waals surface area contributed by atoms with Crippen LogP contribution in [0.2, 0.25) is 0 Å². The summed E-state index contributed by atoms with van der Waals surface area (Å²) < 4.78 is 9.65. The van der Waals surface area contributed by atoms with Gasteiger partial charge in [-0.3, -0.25) is 19.2 Å². The molecule has 4 N–H and O–H groups in total. The molecule has 7 rings (SSSR count). The normalized spacial score (nSPS) is 21.1. The molecule has 2 fully saturated rings.